The van der Waals surface area contributed by atoms with Crippen LogP contribution in [0.25, 0.3) is 0 Å². The van der Waals surface area contributed by atoms with E-state index in [1.54, 1.807) is 7.11 Å². The number of methoxy groups -OCH3 is 1. The number of anilines is 1. The fraction of sp³-hybridized carbons (Fsp3) is 0.294. The van der Waals surface area contributed by atoms with Gasteiger partial charge in [0, 0.05) is 32.2 Å². The van der Waals surface area contributed by atoms with Gasteiger partial charge in [-0.1, -0.05) is 24.3 Å². The van der Waals surface area contributed by atoms with Crippen molar-refractivity contribution in [3.8, 4) is 5.75 Å². The molecule has 26 heavy (non-hydrogen) atoms. The summed E-state index contributed by atoms with van der Waals surface area (Å²) in [5, 5.41) is 11.2. The first kappa shape index (κ1) is 18.2. The highest BCUT2D eigenvalue weighted by atomic mass is 32.2. The van der Waals surface area contributed by atoms with Gasteiger partial charge in [0.2, 0.25) is 10.0 Å². The first-order valence-electron chi connectivity index (χ1n) is 8.06. The molecular weight excluding hydrogens is 358 g/mol. The second kappa shape index (κ2) is 7.30. The molecule has 8 nitrogen and oxygen atoms in total. The Morgan fingerprint density at radius 3 is 2.27 bits per heavy atom. The molecule has 3 rings (SSSR count). The molecule has 0 amide bonds. The number of piperazine rings is 1. The fourth-order valence-electron chi connectivity index (χ4n) is 3.03. The number of sulfonamides is 1. The number of nitrogens with zero attached hydrogens (tertiary/aromatic N) is 3. The maximum Gasteiger partial charge on any atom is 0.289 e. The molecule has 0 unspecified atom stereocenters. The Morgan fingerprint density at radius 2 is 1.62 bits per heavy atom. The van der Waals surface area contributed by atoms with E-state index in [1.807, 2.05) is 29.2 Å². The van der Waals surface area contributed by atoms with E-state index >= 15 is 0 Å². The molecule has 138 valence electrons. The molecule has 2 aromatic carbocycles. The van der Waals surface area contributed by atoms with Crippen molar-refractivity contribution in [2.45, 2.75) is 4.90 Å². The summed E-state index contributed by atoms with van der Waals surface area (Å²) in [7, 11) is -2.33. The van der Waals surface area contributed by atoms with Crippen molar-refractivity contribution in [2.75, 3.05) is 38.2 Å². The predicted octanol–water partition coefficient (Wildman–Crippen LogP) is 2.11. The topological polar surface area (TPSA) is 93.0 Å². The number of benzene rings is 2. The molecule has 1 saturated heterocycles. The van der Waals surface area contributed by atoms with E-state index in [9.17, 15) is 18.5 Å². The summed E-state index contributed by atoms with van der Waals surface area (Å²) >= 11 is 0. The largest absolute Gasteiger partial charge is 0.495 e. The SMILES string of the molecule is COc1ccccc1N1CCN(S(=O)(=O)c2ccccc2[N+](=O)[O-])CC1. The molecule has 0 aromatic heterocycles. The van der Waals surface area contributed by atoms with Crippen molar-refractivity contribution >= 4 is 21.4 Å². The van der Waals surface area contributed by atoms with E-state index in [4.69, 9.17) is 4.74 Å². The van der Waals surface area contributed by atoms with E-state index in [-0.39, 0.29) is 18.0 Å². The lowest BCUT2D eigenvalue weighted by Gasteiger charge is -2.35. The highest BCUT2D eigenvalue weighted by molar-refractivity contribution is 7.89. The molecule has 0 atom stereocenters. The number of para-hydroxylation sites is 3. The third kappa shape index (κ3) is 3.35. The Hall–Kier alpha value is -2.65. The van der Waals surface area contributed by atoms with Crippen molar-refractivity contribution in [3.63, 3.8) is 0 Å². The highest BCUT2D eigenvalue weighted by Gasteiger charge is 2.33. The lowest BCUT2D eigenvalue weighted by Crippen LogP contribution is -2.48. The zero-order valence-corrected chi connectivity index (χ0v) is 15.1. The van der Waals surface area contributed by atoms with Gasteiger partial charge in [-0.05, 0) is 18.2 Å². The molecule has 9 heteroatoms. The Labute approximate surface area is 151 Å². The molecule has 2 aromatic rings. The van der Waals surface area contributed by atoms with Crippen molar-refractivity contribution < 1.29 is 18.1 Å². The highest BCUT2D eigenvalue weighted by Crippen LogP contribution is 2.31. The predicted molar refractivity (Wildman–Crippen MR) is 97.1 cm³/mol. The zero-order valence-electron chi connectivity index (χ0n) is 14.2. The maximum atomic E-state index is 12.9. The molecule has 0 bridgehead atoms. The second-order valence-corrected chi connectivity index (χ2v) is 7.69. The van der Waals surface area contributed by atoms with Gasteiger partial charge in [0.1, 0.15) is 5.75 Å². The number of hydrogen-bond acceptors (Lipinski definition) is 6. The van der Waals surface area contributed by atoms with Gasteiger partial charge >= 0.3 is 0 Å². The van der Waals surface area contributed by atoms with Crippen LogP contribution in [0, 0.1) is 10.1 Å². The fourth-order valence-corrected chi connectivity index (χ4v) is 4.61. The van der Waals surface area contributed by atoms with Crippen LogP contribution >= 0.6 is 0 Å². The number of hydrogen-bond donors (Lipinski definition) is 0. The van der Waals surface area contributed by atoms with E-state index in [2.05, 4.69) is 0 Å². The first-order chi connectivity index (χ1) is 12.4. The van der Waals surface area contributed by atoms with Crippen LogP contribution < -0.4 is 9.64 Å². The summed E-state index contributed by atoms with van der Waals surface area (Å²) in [6.45, 7) is 1.43. The first-order valence-corrected chi connectivity index (χ1v) is 9.50. The minimum absolute atomic E-state index is 0.242. The Balaban J connectivity index is 1.81. The molecule has 1 heterocycles. The van der Waals surface area contributed by atoms with Gasteiger partial charge in [-0.25, -0.2) is 8.42 Å². The van der Waals surface area contributed by atoms with Crippen LogP contribution in [-0.2, 0) is 10.0 Å². The van der Waals surface area contributed by atoms with Gasteiger partial charge in [-0.3, -0.25) is 10.1 Å². The van der Waals surface area contributed by atoms with Crippen LogP contribution in [0.2, 0.25) is 0 Å². The Kier molecular flexibility index (Phi) is 5.10. The van der Waals surface area contributed by atoms with Gasteiger partial charge in [0.05, 0.1) is 17.7 Å². The molecule has 0 radical (unpaired) electrons. The molecule has 1 aliphatic rings. The van der Waals surface area contributed by atoms with Gasteiger partial charge < -0.3 is 9.64 Å². The molecule has 1 aliphatic heterocycles. The smallest absolute Gasteiger partial charge is 0.289 e. The monoisotopic (exact) mass is 377 g/mol. The maximum absolute atomic E-state index is 12.9. The summed E-state index contributed by atoms with van der Waals surface area (Å²) < 4.78 is 32.4. The van der Waals surface area contributed by atoms with Crippen molar-refractivity contribution in [1.82, 2.24) is 4.31 Å². The zero-order chi connectivity index (χ0) is 18.7. The van der Waals surface area contributed by atoms with E-state index in [0.717, 1.165) is 11.4 Å². The van der Waals surface area contributed by atoms with Crippen LogP contribution in [0.15, 0.2) is 53.4 Å². The summed E-state index contributed by atoms with van der Waals surface area (Å²) in [6.07, 6.45) is 0. The molecule has 0 spiro atoms. The summed E-state index contributed by atoms with van der Waals surface area (Å²) in [4.78, 5) is 12.3. The average Bonchev–Trinajstić information content (AvgIpc) is 2.68. The number of rotatable bonds is 5. The van der Waals surface area contributed by atoms with Crippen molar-refractivity contribution in [2.24, 2.45) is 0 Å². The van der Waals surface area contributed by atoms with E-state index in [0.29, 0.717) is 13.1 Å². The summed E-state index contributed by atoms with van der Waals surface area (Å²) in [5.41, 5.74) is 0.498. The molecule has 0 saturated carbocycles. The van der Waals surface area contributed by atoms with Gasteiger partial charge in [0.15, 0.2) is 4.90 Å². The van der Waals surface area contributed by atoms with Crippen LogP contribution in [-0.4, -0.2) is 50.9 Å². The number of ether oxygens (including phenoxy) is 1. The summed E-state index contributed by atoms with van der Waals surface area (Å²) in [6, 6.07) is 13.0. The summed E-state index contributed by atoms with van der Waals surface area (Å²) in [5.74, 6) is 0.725. The van der Waals surface area contributed by atoms with Gasteiger partial charge in [-0.15, -0.1) is 0 Å². The van der Waals surface area contributed by atoms with Gasteiger partial charge in [0.25, 0.3) is 5.69 Å². The standard InChI is InChI=1S/C17H19N3O5S/c1-25-16-8-4-2-6-14(16)18-10-12-19(13-11-18)26(23,24)17-9-5-3-7-15(17)20(21)22/h2-9H,10-13H2,1H3. The van der Waals surface area contributed by atoms with E-state index < -0.39 is 20.6 Å². The van der Waals surface area contributed by atoms with Crippen LogP contribution in [0.4, 0.5) is 11.4 Å². The Morgan fingerprint density at radius 1 is 1.00 bits per heavy atom. The quantitative estimate of drug-likeness (QED) is 0.585. The van der Waals surface area contributed by atoms with Crippen molar-refractivity contribution in [3.05, 3.63) is 58.6 Å². The lowest BCUT2D eigenvalue weighted by molar-refractivity contribution is -0.387. The van der Waals surface area contributed by atoms with Crippen molar-refractivity contribution in [1.29, 1.82) is 0 Å². The van der Waals surface area contributed by atoms with Crippen LogP contribution in [0.1, 0.15) is 0 Å². The number of nitro benzene ring substituents is 1. The molecule has 1 fully saturated rings. The third-order valence-electron chi connectivity index (χ3n) is 4.34. The molecule has 0 aliphatic carbocycles. The molecule has 0 N–H and O–H groups in total. The third-order valence-corrected chi connectivity index (χ3v) is 6.29. The van der Waals surface area contributed by atoms with Crippen LogP contribution in [0.3, 0.4) is 0 Å². The molecular formula is C17H19N3O5S. The number of nitro groups is 1. The van der Waals surface area contributed by atoms with Crippen LogP contribution in [0.5, 0.6) is 5.75 Å². The minimum atomic E-state index is -3.93. The Bertz CT molecular complexity index is 908. The normalized spacial score (nSPS) is 15.7. The lowest BCUT2D eigenvalue weighted by atomic mass is 10.2. The average molecular weight is 377 g/mol. The minimum Gasteiger partial charge on any atom is -0.495 e. The van der Waals surface area contributed by atoms with Gasteiger partial charge in [-0.2, -0.15) is 4.31 Å². The van der Waals surface area contributed by atoms with E-state index in [1.165, 1.54) is 28.6 Å². The second-order valence-electron chi connectivity index (χ2n) is 5.79.